The van der Waals surface area contributed by atoms with Crippen molar-refractivity contribution in [1.82, 2.24) is 9.71 Å². The van der Waals surface area contributed by atoms with Gasteiger partial charge in [-0.1, -0.05) is 6.07 Å². The number of carbonyl (C=O) groups is 1. The summed E-state index contributed by atoms with van der Waals surface area (Å²) in [6.45, 7) is 0.0658. The number of anilines is 1. The molecule has 21 heavy (non-hydrogen) atoms. The maximum absolute atomic E-state index is 12.1. The van der Waals surface area contributed by atoms with Crippen LogP contribution in [0.15, 0.2) is 47.6 Å². The Morgan fingerprint density at radius 1 is 1.33 bits per heavy atom. The normalized spacial score (nSPS) is 11.2. The van der Waals surface area contributed by atoms with Crippen LogP contribution in [0.1, 0.15) is 15.9 Å². The van der Waals surface area contributed by atoms with Gasteiger partial charge in [-0.15, -0.1) is 0 Å². The lowest BCUT2D eigenvalue weighted by molar-refractivity contribution is 0.0697. The molecule has 0 saturated heterocycles. The van der Waals surface area contributed by atoms with E-state index < -0.39 is 16.0 Å². The molecule has 8 heteroatoms. The number of aromatic nitrogens is 1. The van der Waals surface area contributed by atoms with Gasteiger partial charge in [-0.2, -0.15) is 0 Å². The zero-order valence-electron chi connectivity index (χ0n) is 10.9. The molecule has 0 aliphatic rings. The molecule has 0 spiro atoms. The second-order valence-electron chi connectivity index (χ2n) is 4.24. The van der Waals surface area contributed by atoms with Gasteiger partial charge in [0, 0.05) is 18.9 Å². The van der Waals surface area contributed by atoms with Gasteiger partial charge >= 0.3 is 5.97 Å². The number of nitrogens with one attached hydrogen (secondary N) is 1. The maximum Gasteiger partial charge on any atom is 0.335 e. The van der Waals surface area contributed by atoms with Crippen LogP contribution >= 0.6 is 0 Å². The second-order valence-corrected chi connectivity index (χ2v) is 5.98. The number of sulfonamides is 1. The maximum atomic E-state index is 12.1. The standard InChI is InChI=1S/C13H13N3O4S/c14-11-6-10(13(17)18)3-4-12(11)21(19,20)16-8-9-2-1-5-15-7-9/h1-7,16H,8,14H2,(H,17,18). The summed E-state index contributed by atoms with van der Waals surface area (Å²) in [6.07, 6.45) is 3.13. The van der Waals surface area contributed by atoms with Gasteiger partial charge in [0.2, 0.25) is 10.0 Å². The predicted molar refractivity (Wildman–Crippen MR) is 76.1 cm³/mol. The lowest BCUT2D eigenvalue weighted by atomic mass is 10.2. The highest BCUT2D eigenvalue weighted by molar-refractivity contribution is 7.89. The van der Waals surface area contributed by atoms with Crippen LogP contribution in [0.5, 0.6) is 0 Å². The van der Waals surface area contributed by atoms with Gasteiger partial charge in [0.25, 0.3) is 0 Å². The molecule has 0 fully saturated rings. The fourth-order valence-corrected chi connectivity index (χ4v) is 2.81. The van der Waals surface area contributed by atoms with E-state index >= 15 is 0 Å². The number of nitrogen functional groups attached to an aromatic ring is 1. The van der Waals surface area contributed by atoms with Crippen molar-refractivity contribution in [2.24, 2.45) is 0 Å². The van der Waals surface area contributed by atoms with Crippen molar-refractivity contribution in [3.63, 3.8) is 0 Å². The van der Waals surface area contributed by atoms with E-state index in [4.69, 9.17) is 10.8 Å². The minimum absolute atomic E-state index is 0.0658. The summed E-state index contributed by atoms with van der Waals surface area (Å²) in [4.78, 5) is 14.5. The van der Waals surface area contributed by atoms with Crippen molar-refractivity contribution in [3.05, 3.63) is 53.9 Å². The van der Waals surface area contributed by atoms with E-state index in [1.54, 1.807) is 24.5 Å². The zero-order valence-corrected chi connectivity index (χ0v) is 11.7. The van der Waals surface area contributed by atoms with Crippen LogP contribution in [0.25, 0.3) is 0 Å². The predicted octanol–water partition coefficient (Wildman–Crippen LogP) is 0.840. The molecule has 0 radical (unpaired) electrons. The smallest absolute Gasteiger partial charge is 0.335 e. The van der Waals surface area contributed by atoms with Crippen LogP contribution in [0, 0.1) is 0 Å². The first-order chi connectivity index (χ1) is 9.90. The highest BCUT2D eigenvalue weighted by Crippen LogP contribution is 2.20. The first kappa shape index (κ1) is 14.9. The summed E-state index contributed by atoms with van der Waals surface area (Å²) < 4.78 is 26.7. The van der Waals surface area contributed by atoms with Gasteiger partial charge in [0.05, 0.1) is 11.3 Å². The third-order valence-electron chi connectivity index (χ3n) is 2.74. The average molecular weight is 307 g/mol. The lowest BCUT2D eigenvalue weighted by Crippen LogP contribution is -2.24. The summed E-state index contributed by atoms with van der Waals surface area (Å²) in [5.74, 6) is -1.17. The van der Waals surface area contributed by atoms with Gasteiger partial charge in [0.15, 0.2) is 0 Å². The number of hydrogen-bond donors (Lipinski definition) is 3. The molecule has 1 aromatic carbocycles. The summed E-state index contributed by atoms with van der Waals surface area (Å²) >= 11 is 0. The molecule has 0 aliphatic heterocycles. The second kappa shape index (κ2) is 5.90. The molecule has 0 atom stereocenters. The number of aromatic carboxylic acids is 1. The molecule has 0 bridgehead atoms. The number of hydrogen-bond acceptors (Lipinski definition) is 5. The average Bonchev–Trinajstić information content (AvgIpc) is 2.46. The molecule has 4 N–H and O–H groups in total. The number of nitrogens with zero attached hydrogens (tertiary/aromatic N) is 1. The minimum atomic E-state index is -3.83. The Morgan fingerprint density at radius 3 is 2.67 bits per heavy atom. The van der Waals surface area contributed by atoms with Gasteiger partial charge in [0.1, 0.15) is 4.90 Å². The van der Waals surface area contributed by atoms with Crippen LogP contribution in [0.3, 0.4) is 0 Å². The van der Waals surface area contributed by atoms with Crippen molar-refractivity contribution in [1.29, 1.82) is 0 Å². The van der Waals surface area contributed by atoms with E-state index in [-0.39, 0.29) is 22.7 Å². The summed E-state index contributed by atoms with van der Waals surface area (Å²) in [5, 5.41) is 8.83. The van der Waals surface area contributed by atoms with E-state index in [1.807, 2.05) is 0 Å². The number of rotatable bonds is 5. The molecule has 1 aromatic heterocycles. The van der Waals surface area contributed by atoms with Crippen LogP contribution in [-0.2, 0) is 16.6 Å². The van der Waals surface area contributed by atoms with E-state index in [9.17, 15) is 13.2 Å². The molecule has 2 rings (SSSR count). The summed E-state index contributed by atoms with van der Waals surface area (Å²) in [5.41, 5.74) is 6.13. The Kier molecular flexibility index (Phi) is 4.20. The van der Waals surface area contributed by atoms with Crippen molar-refractivity contribution in [2.45, 2.75) is 11.4 Å². The first-order valence-corrected chi connectivity index (χ1v) is 7.40. The SMILES string of the molecule is Nc1cc(C(=O)O)ccc1S(=O)(=O)NCc1cccnc1. The van der Waals surface area contributed by atoms with E-state index in [2.05, 4.69) is 9.71 Å². The summed E-state index contributed by atoms with van der Waals surface area (Å²) in [6, 6.07) is 6.90. The molecule has 0 amide bonds. The van der Waals surface area contributed by atoms with Crippen LogP contribution < -0.4 is 10.5 Å². The molecule has 1 heterocycles. The minimum Gasteiger partial charge on any atom is -0.478 e. The van der Waals surface area contributed by atoms with Crippen LogP contribution in [0.2, 0.25) is 0 Å². The zero-order chi connectivity index (χ0) is 15.5. The third kappa shape index (κ3) is 3.56. The van der Waals surface area contributed by atoms with Gasteiger partial charge in [-0.25, -0.2) is 17.9 Å². The van der Waals surface area contributed by atoms with Gasteiger partial charge in [-0.05, 0) is 29.8 Å². The largest absolute Gasteiger partial charge is 0.478 e. The van der Waals surface area contributed by atoms with E-state index in [0.29, 0.717) is 5.56 Å². The van der Waals surface area contributed by atoms with Crippen molar-refractivity contribution < 1.29 is 18.3 Å². The molecule has 7 nitrogen and oxygen atoms in total. The first-order valence-electron chi connectivity index (χ1n) is 5.91. The summed E-state index contributed by atoms with van der Waals surface area (Å²) in [7, 11) is -3.83. The van der Waals surface area contributed by atoms with Crippen LogP contribution in [0.4, 0.5) is 5.69 Å². The van der Waals surface area contributed by atoms with Crippen LogP contribution in [-0.4, -0.2) is 24.5 Å². The Hall–Kier alpha value is -2.45. The number of nitrogens with two attached hydrogens (primary N) is 1. The fraction of sp³-hybridized carbons (Fsp3) is 0.0769. The monoisotopic (exact) mass is 307 g/mol. The van der Waals surface area contributed by atoms with Crippen molar-refractivity contribution >= 4 is 21.7 Å². The highest BCUT2D eigenvalue weighted by atomic mass is 32.2. The molecular formula is C13H13N3O4S. The fourth-order valence-electron chi connectivity index (χ4n) is 1.69. The Balaban J connectivity index is 2.22. The third-order valence-corrected chi connectivity index (χ3v) is 4.21. The number of benzene rings is 1. The van der Waals surface area contributed by atoms with Crippen molar-refractivity contribution in [3.8, 4) is 0 Å². The molecule has 110 valence electrons. The number of pyridine rings is 1. The molecule has 0 unspecified atom stereocenters. The number of carboxylic acids is 1. The van der Waals surface area contributed by atoms with E-state index in [0.717, 1.165) is 6.07 Å². The quantitative estimate of drug-likeness (QED) is 0.703. The topological polar surface area (TPSA) is 122 Å². The Labute approximate surface area is 121 Å². The molecule has 0 saturated carbocycles. The van der Waals surface area contributed by atoms with Crippen molar-refractivity contribution in [2.75, 3.05) is 5.73 Å². The van der Waals surface area contributed by atoms with E-state index in [1.165, 1.54) is 12.1 Å². The van der Waals surface area contributed by atoms with Gasteiger partial charge in [-0.3, -0.25) is 4.98 Å². The Morgan fingerprint density at radius 2 is 2.10 bits per heavy atom. The molecule has 2 aromatic rings. The van der Waals surface area contributed by atoms with Gasteiger partial charge < -0.3 is 10.8 Å². The molecule has 0 aliphatic carbocycles. The highest BCUT2D eigenvalue weighted by Gasteiger charge is 2.18. The molecular weight excluding hydrogens is 294 g/mol. The lowest BCUT2D eigenvalue weighted by Gasteiger charge is -2.09. The Bertz CT molecular complexity index is 760. The number of carboxylic acid groups (broad SMARTS) is 1.